The third kappa shape index (κ3) is 3.40. The molecule has 0 saturated carbocycles. The van der Waals surface area contributed by atoms with Crippen molar-refractivity contribution < 1.29 is 14.3 Å². The number of hydrogen-bond donors (Lipinski definition) is 0. The molecule has 1 amide bonds. The van der Waals surface area contributed by atoms with Gasteiger partial charge in [0.2, 0.25) is 0 Å². The molecule has 3 rings (SSSR count). The van der Waals surface area contributed by atoms with Crippen LogP contribution >= 0.6 is 0 Å². The quantitative estimate of drug-likeness (QED) is 0.715. The van der Waals surface area contributed by atoms with E-state index >= 15 is 0 Å². The Bertz CT molecular complexity index is 901. The lowest BCUT2D eigenvalue weighted by atomic mass is 10.1. The Morgan fingerprint density at radius 2 is 1.84 bits per heavy atom. The SMILES string of the molecule is COc1cccc(C(=O)N(C)C)c1OCc1cccc2cccnc12. The van der Waals surface area contributed by atoms with Gasteiger partial charge in [0, 0.05) is 31.2 Å². The molecule has 0 aliphatic rings. The van der Waals surface area contributed by atoms with Crippen LogP contribution in [0.3, 0.4) is 0 Å². The fourth-order valence-corrected chi connectivity index (χ4v) is 2.67. The monoisotopic (exact) mass is 336 g/mol. The lowest BCUT2D eigenvalue weighted by Crippen LogP contribution is -2.22. The minimum atomic E-state index is -0.134. The first kappa shape index (κ1) is 16.8. The van der Waals surface area contributed by atoms with E-state index in [1.54, 1.807) is 45.6 Å². The van der Waals surface area contributed by atoms with Gasteiger partial charge in [0.15, 0.2) is 11.5 Å². The third-order valence-electron chi connectivity index (χ3n) is 3.92. The van der Waals surface area contributed by atoms with E-state index in [-0.39, 0.29) is 5.91 Å². The van der Waals surface area contributed by atoms with E-state index in [9.17, 15) is 4.79 Å². The molecular weight excluding hydrogens is 316 g/mol. The molecule has 0 saturated heterocycles. The molecule has 1 aromatic heterocycles. The Balaban J connectivity index is 1.96. The largest absolute Gasteiger partial charge is 0.493 e. The minimum absolute atomic E-state index is 0.134. The van der Waals surface area contributed by atoms with E-state index in [2.05, 4.69) is 4.98 Å². The van der Waals surface area contributed by atoms with Crippen molar-refractivity contribution in [2.45, 2.75) is 6.61 Å². The maximum atomic E-state index is 12.4. The molecule has 3 aromatic rings. The summed E-state index contributed by atoms with van der Waals surface area (Å²) in [6.07, 6.45) is 1.76. The number of methoxy groups -OCH3 is 1. The fourth-order valence-electron chi connectivity index (χ4n) is 2.67. The van der Waals surface area contributed by atoms with E-state index in [1.807, 2.05) is 30.3 Å². The van der Waals surface area contributed by atoms with Crippen molar-refractivity contribution in [1.82, 2.24) is 9.88 Å². The molecule has 0 spiro atoms. The second-order valence-electron chi connectivity index (χ2n) is 5.82. The van der Waals surface area contributed by atoms with Crippen molar-refractivity contribution in [3.63, 3.8) is 0 Å². The van der Waals surface area contributed by atoms with E-state index in [0.29, 0.717) is 23.7 Å². The zero-order valence-electron chi connectivity index (χ0n) is 14.5. The summed E-state index contributed by atoms with van der Waals surface area (Å²) in [6, 6.07) is 15.2. The molecule has 0 bridgehead atoms. The van der Waals surface area contributed by atoms with Gasteiger partial charge in [-0.25, -0.2) is 0 Å². The van der Waals surface area contributed by atoms with Crippen LogP contribution in [0.4, 0.5) is 0 Å². The van der Waals surface area contributed by atoms with Crippen LogP contribution < -0.4 is 9.47 Å². The summed E-state index contributed by atoms with van der Waals surface area (Å²) in [5.74, 6) is 0.836. The lowest BCUT2D eigenvalue weighted by molar-refractivity contribution is 0.0822. The topological polar surface area (TPSA) is 51.7 Å². The zero-order chi connectivity index (χ0) is 17.8. The summed E-state index contributed by atoms with van der Waals surface area (Å²) in [4.78, 5) is 18.4. The second kappa shape index (κ2) is 7.21. The van der Waals surface area contributed by atoms with Gasteiger partial charge in [0.1, 0.15) is 6.61 Å². The molecule has 0 fully saturated rings. The smallest absolute Gasteiger partial charge is 0.257 e. The number of fused-ring (bicyclic) bond motifs is 1. The number of nitrogens with zero attached hydrogens (tertiary/aromatic N) is 2. The number of aromatic nitrogens is 1. The van der Waals surface area contributed by atoms with Gasteiger partial charge in [-0.2, -0.15) is 0 Å². The molecule has 0 unspecified atom stereocenters. The predicted molar refractivity (Wildman–Crippen MR) is 97.1 cm³/mol. The van der Waals surface area contributed by atoms with E-state index in [4.69, 9.17) is 9.47 Å². The molecule has 25 heavy (non-hydrogen) atoms. The van der Waals surface area contributed by atoms with Crippen molar-refractivity contribution in [2.75, 3.05) is 21.2 Å². The summed E-state index contributed by atoms with van der Waals surface area (Å²) in [5.41, 5.74) is 2.31. The number of hydrogen-bond acceptors (Lipinski definition) is 4. The highest BCUT2D eigenvalue weighted by Crippen LogP contribution is 2.33. The number of para-hydroxylation sites is 2. The van der Waals surface area contributed by atoms with Gasteiger partial charge in [0.05, 0.1) is 18.2 Å². The highest BCUT2D eigenvalue weighted by Gasteiger charge is 2.19. The molecule has 0 aliphatic heterocycles. The second-order valence-corrected chi connectivity index (χ2v) is 5.82. The molecule has 2 aromatic carbocycles. The van der Waals surface area contributed by atoms with Gasteiger partial charge >= 0.3 is 0 Å². The van der Waals surface area contributed by atoms with Crippen LogP contribution in [0.25, 0.3) is 10.9 Å². The number of rotatable bonds is 5. The van der Waals surface area contributed by atoms with Crippen molar-refractivity contribution >= 4 is 16.8 Å². The van der Waals surface area contributed by atoms with E-state index in [0.717, 1.165) is 16.5 Å². The number of carbonyl (C=O) groups excluding carboxylic acids is 1. The van der Waals surface area contributed by atoms with Crippen molar-refractivity contribution in [3.05, 3.63) is 65.9 Å². The summed E-state index contributed by atoms with van der Waals surface area (Å²) >= 11 is 0. The maximum absolute atomic E-state index is 12.4. The van der Waals surface area contributed by atoms with Crippen molar-refractivity contribution in [3.8, 4) is 11.5 Å². The molecule has 0 aliphatic carbocycles. The van der Waals surface area contributed by atoms with Crippen molar-refractivity contribution in [1.29, 1.82) is 0 Å². The molecule has 5 nitrogen and oxygen atoms in total. The van der Waals surface area contributed by atoms with Gasteiger partial charge in [-0.1, -0.05) is 30.3 Å². The summed E-state index contributed by atoms with van der Waals surface area (Å²) in [6.45, 7) is 0.294. The van der Waals surface area contributed by atoms with E-state index in [1.165, 1.54) is 4.90 Å². The molecule has 0 radical (unpaired) electrons. The molecule has 128 valence electrons. The number of carbonyl (C=O) groups is 1. The summed E-state index contributed by atoms with van der Waals surface area (Å²) in [7, 11) is 4.98. The Kier molecular flexibility index (Phi) is 4.84. The minimum Gasteiger partial charge on any atom is -0.493 e. The highest BCUT2D eigenvalue weighted by atomic mass is 16.5. The molecule has 1 heterocycles. The van der Waals surface area contributed by atoms with Crippen LogP contribution in [0.15, 0.2) is 54.7 Å². The number of amides is 1. The van der Waals surface area contributed by atoms with Crippen LogP contribution in [-0.2, 0) is 6.61 Å². The lowest BCUT2D eigenvalue weighted by Gasteiger charge is -2.17. The predicted octanol–water partition coefficient (Wildman–Crippen LogP) is 3.52. The first-order valence-electron chi connectivity index (χ1n) is 7.96. The van der Waals surface area contributed by atoms with Gasteiger partial charge in [-0.15, -0.1) is 0 Å². The maximum Gasteiger partial charge on any atom is 0.257 e. The van der Waals surface area contributed by atoms with Crippen LogP contribution in [0.2, 0.25) is 0 Å². The zero-order valence-corrected chi connectivity index (χ0v) is 14.5. The van der Waals surface area contributed by atoms with Crippen LogP contribution in [0.1, 0.15) is 15.9 Å². The van der Waals surface area contributed by atoms with Gasteiger partial charge in [0.25, 0.3) is 5.91 Å². The van der Waals surface area contributed by atoms with E-state index < -0.39 is 0 Å². The first-order valence-corrected chi connectivity index (χ1v) is 7.96. The Morgan fingerprint density at radius 1 is 1.08 bits per heavy atom. The first-order chi connectivity index (χ1) is 12.1. The van der Waals surface area contributed by atoms with Crippen LogP contribution in [-0.4, -0.2) is 37.0 Å². The molecule has 0 N–H and O–H groups in total. The standard InChI is InChI=1S/C20H20N2O3/c1-22(2)20(23)16-10-5-11-17(24-3)19(16)25-13-15-8-4-7-14-9-6-12-21-18(14)15/h4-12H,13H2,1-3H3. The fraction of sp³-hybridized carbons (Fsp3) is 0.200. The van der Waals surface area contributed by atoms with Gasteiger partial charge < -0.3 is 14.4 Å². The normalized spacial score (nSPS) is 10.5. The Morgan fingerprint density at radius 3 is 2.60 bits per heavy atom. The Labute approximate surface area is 146 Å². The van der Waals surface area contributed by atoms with Crippen LogP contribution in [0, 0.1) is 0 Å². The number of ether oxygens (including phenoxy) is 2. The molecular formula is C20H20N2O3. The summed E-state index contributed by atoms with van der Waals surface area (Å²) in [5, 5.41) is 1.05. The number of benzene rings is 2. The van der Waals surface area contributed by atoms with Crippen LogP contribution in [0.5, 0.6) is 11.5 Å². The Hall–Kier alpha value is -3.08. The average molecular weight is 336 g/mol. The third-order valence-corrected chi connectivity index (χ3v) is 3.92. The number of pyridine rings is 1. The van der Waals surface area contributed by atoms with Gasteiger partial charge in [-0.05, 0) is 18.2 Å². The van der Waals surface area contributed by atoms with Gasteiger partial charge in [-0.3, -0.25) is 9.78 Å². The molecule has 0 atom stereocenters. The highest BCUT2D eigenvalue weighted by molar-refractivity contribution is 5.97. The summed E-state index contributed by atoms with van der Waals surface area (Å²) < 4.78 is 11.4. The average Bonchev–Trinajstić information content (AvgIpc) is 2.65. The molecule has 5 heteroatoms. The van der Waals surface area contributed by atoms with Crippen molar-refractivity contribution in [2.24, 2.45) is 0 Å².